The Hall–Kier alpha value is -1.06. The molecule has 1 rings (SSSR count). The average Bonchev–Trinajstić information content (AvgIpc) is 2.35. The molecule has 0 fully saturated rings. The van der Waals surface area contributed by atoms with Crippen LogP contribution in [-0.2, 0) is 4.79 Å². The fourth-order valence-electron chi connectivity index (χ4n) is 2.01. The molecule has 0 aliphatic rings. The van der Waals surface area contributed by atoms with Crippen LogP contribution < -0.4 is 11.1 Å². The number of carbonyl (C=O) groups is 1. The van der Waals surface area contributed by atoms with Crippen LogP contribution in [0, 0.1) is 5.92 Å². The Bertz CT molecular complexity index is 413. The van der Waals surface area contributed by atoms with Crippen molar-refractivity contribution in [2.45, 2.75) is 52.6 Å². The molecule has 0 spiro atoms. The number of carbonyl (C=O) groups excluding carboxylic acids is 1. The lowest BCUT2D eigenvalue weighted by Crippen LogP contribution is -2.41. The number of benzene rings is 1. The lowest BCUT2D eigenvalue weighted by atomic mass is 9.93. The van der Waals surface area contributed by atoms with Crippen molar-refractivity contribution in [1.82, 2.24) is 5.32 Å². The molecule has 1 aromatic rings. The highest BCUT2D eigenvalue weighted by molar-refractivity contribution is 5.85. The van der Waals surface area contributed by atoms with E-state index in [0.717, 1.165) is 5.56 Å². The molecule has 1 amide bonds. The van der Waals surface area contributed by atoms with E-state index >= 15 is 0 Å². The predicted molar refractivity (Wildman–Crippen MR) is 87.2 cm³/mol. The van der Waals surface area contributed by atoms with Crippen LogP contribution in [0.15, 0.2) is 24.3 Å². The summed E-state index contributed by atoms with van der Waals surface area (Å²) >= 11 is 0. The summed E-state index contributed by atoms with van der Waals surface area (Å²) in [4.78, 5) is 11.8. The molecule has 3 N–H and O–H groups in total. The third kappa shape index (κ3) is 5.14. The maximum Gasteiger partial charge on any atom is 0.237 e. The topological polar surface area (TPSA) is 55.1 Å². The highest BCUT2D eigenvalue weighted by Crippen LogP contribution is 2.24. The van der Waals surface area contributed by atoms with Crippen molar-refractivity contribution in [3.63, 3.8) is 0 Å². The molecule has 0 saturated heterocycles. The molecule has 2 atom stereocenters. The molecule has 0 aromatic heterocycles. The monoisotopic (exact) mass is 298 g/mol. The first-order valence-corrected chi connectivity index (χ1v) is 6.98. The Morgan fingerprint density at radius 2 is 1.45 bits per heavy atom. The maximum absolute atomic E-state index is 11.8. The third-order valence-electron chi connectivity index (χ3n) is 3.34. The van der Waals surface area contributed by atoms with E-state index in [1.54, 1.807) is 6.92 Å². The van der Waals surface area contributed by atoms with E-state index in [4.69, 9.17) is 5.73 Å². The number of hydrogen-bond acceptors (Lipinski definition) is 2. The number of halogens is 1. The van der Waals surface area contributed by atoms with E-state index in [-0.39, 0.29) is 24.4 Å². The van der Waals surface area contributed by atoms with Gasteiger partial charge in [-0.3, -0.25) is 4.79 Å². The minimum absolute atomic E-state index is 0. The van der Waals surface area contributed by atoms with Crippen molar-refractivity contribution in [2.75, 3.05) is 0 Å². The molecule has 0 heterocycles. The van der Waals surface area contributed by atoms with Crippen molar-refractivity contribution < 1.29 is 4.79 Å². The summed E-state index contributed by atoms with van der Waals surface area (Å²) in [6.07, 6.45) is 0. The Kier molecular flexibility index (Phi) is 7.84. The Balaban J connectivity index is 0.00000361. The zero-order valence-electron chi connectivity index (χ0n) is 13.0. The molecule has 1 unspecified atom stereocenters. The average molecular weight is 299 g/mol. The molecule has 0 radical (unpaired) electrons. The first-order valence-electron chi connectivity index (χ1n) is 6.98. The lowest BCUT2D eigenvalue weighted by molar-refractivity contribution is -0.123. The number of nitrogens with one attached hydrogen (secondary N) is 1. The summed E-state index contributed by atoms with van der Waals surface area (Å²) in [5, 5.41) is 3.02. The first kappa shape index (κ1) is 18.9. The largest absolute Gasteiger partial charge is 0.348 e. The van der Waals surface area contributed by atoms with E-state index in [1.165, 1.54) is 5.56 Å². The molecule has 0 aliphatic carbocycles. The van der Waals surface area contributed by atoms with Crippen LogP contribution in [0.1, 0.15) is 57.7 Å². The smallest absolute Gasteiger partial charge is 0.237 e. The molecular weight excluding hydrogens is 272 g/mol. The standard InChI is InChI=1S/C16H26N2O.ClH/c1-10(2)13-6-8-14(9-7-13)15(11(3)4)18-16(19)12(5)17;/h6-12,15H,17H2,1-5H3,(H,18,19);1H/t12-,15?;/m1./s1. The second-order valence-electron chi connectivity index (χ2n) is 5.84. The second kappa shape index (κ2) is 8.28. The molecule has 0 bridgehead atoms. The van der Waals surface area contributed by atoms with E-state index < -0.39 is 6.04 Å². The van der Waals surface area contributed by atoms with Crippen molar-refractivity contribution in [3.8, 4) is 0 Å². The van der Waals surface area contributed by atoms with E-state index in [0.29, 0.717) is 11.8 Å². The Morgan fingerprint density at radius 3 is 1.80 bits per heavy atom. The SMILES string of the molecule is CC(C)c1ccc(C(NC(=O)[C@@H](C)N)C(C)C)cc1.Cl. The fourth-order valence-corrected chi connectivity index (χ4v) is 2.01. The predicted octanol–water partition coefficient (Wildman–Crippen LogP) is 3.39. The molecule has 4 heteroatoms. The van der Waals surface area contributed by atoms with Crippen molar-refractivity contribution in [2.24, 2.45) is 11.7 Å². The van der Waals surface area contributed by atoms with Crippen LogP contribution in [-0.4, -0.2) is 11.9 Å². The number of hydrogen-bond donors (Lipinski definition) is 2. The number of rotatable bonds is 5. The number of amides is 1. The molecule has 0 saturated carbocycles. The summed E-state index contributed by atoms with van der Waals surface area (Å²) < 4.78 is 0. The van der Waals surface area contributed by atoms with Gasteiger partial charge in [0, 0.05) is 0 Å². The van der Waals surface area contributed by atoms with Gasteiger partial charge in [0.05, 0.1) is 12.1 Å². The van der Waals surface area contributed by atoms with Crippen LogP contribution in [0.3, 0.4) is 0 Å². The van der Waals surface area contributed by atoms with Crippen molar-refractivity contribution in [1.29, 1.82) is 0 Å². The lowest BCUT2D eigenvalue weighted by Gasteiger charge is -2.24. The zero-order chi connectivity index (χ0) is 14.6. The third-order valence-corrected chi connectivity index (χ3v) is 3.34. The summed E-state index contributed by atoms with van der Waals surface area (Å²) in [6.45, 7) is 10.2. The van der Waals surface area contributed by atoms with Gasteiger partial charge in [-0.05, 0) is 29.9 Å². The van der Waals surface area contributed by atoms with Crippen LogP contribution in [0.2, 0.25) is 0 Å². The minimum atomic E-state index is -0.476. The summed E-state index contributed by atoms with van der Waals surface area (Å²) in [7, 11) is 0. The summed E-state index contributed by atoms with van der Waals surface area (Å²) in [5.74, 6) is 0.740. The van der Waals surface area contributed by atoms with Gasteiger partial charge in [-0.2, -0.15) is 0 Å². The van der Waals surface area contributed by atoms with Gasteiger partial charge in [-0.1, -0.05) is 52.0 Å². The van der Waals surface area contributed by atoms with Gasteiger partial charge in [-0.15, -0.1) is 12.4 Å². The van der Waals surface area contributed by atoms with Gasteiger partial charge >= 0.3 is 0 Å². The van der Waals surface area contributed by atoms with Gasteiger partial charge in [0.15, 0.2) is 0 Å². The molecule has 3 nitrogen and oxygen atoms in total. The van der Waals surface area contributed by atoms with Crippen LogP contribution in [0.5, 0.6) is 0 Å². The summed E-state index contributed by atoms with van der Waals surface area (Å²) in [5.41, 5.74) is 8.06. The molecule has 1 aromatic carbocycles. The highest BCUT2D eigenvalue weighted by atomic mass is 35.5. The van der Waals surface area contributed by atoms with Gasteiger partial charge in [-0.25, -0.2) is 0 Å². The maximum atomic E-state index is 11.8. The molecular formula is C16H27ClN2O. The van der Waals surface area contributed by atoms with E-state index in [2.05, 4.69) is 57.3 Å². The van der Waals surface area contributed by atoms with Crippen LogP contribution in [0.4, 0.5) is 0 Å². The van der Waals surface area contributed by atoms with Crippen molar-refractivity contribution >= 4 is 18.3 Å². The van der Waals surface area contributed by atoms with Gasteiger partial charge in [0.25, 0.3) is 0 Å². The Labute approximate surface area is 128 Å². The zero-order valence-corrected chi connectivity index (χ0v) is 13.8. The molecule has 20 heavy (non-hydrogen) atoms. The Morgan fingerprint density at radius 1 is 1.00 bits per heavy atom. The van der Waals surface area contributed by atoms with Crippen molar-refractivity contribution in [3.05, 3.63) is 35.4 Å². The van der Waals surface area contributed by atoms with Crippen LogP contribution >= 0.6 is 12.4 Å². The van der Waals surface area contributed by atoms with E-state index in [1.807, 2.05) is 0 Å². The molecule has 114 valence electrons. The molecule has 0 aliphatic heterocycles. The van der Waals surface area contributed by atoms with Gasteiger partial charge < -0.3 is 11.1 Å². The minimum Gasteiger partial charge on any atom is -0.348 e. The fraction of sp³-hybridized carbons (Fsp3) is 0.562. The normalized spacial score (nSPS) is 13.8. The van der Waals surface area contributed by atoms with Gasteiger partial charge in [0.2, 0.25) is 5.91 Å². The van der Waals surface area contributed by atoms with E-state index in [9.17, 15) is 4.79 Å². The van der Waals surface area contributed by atoms with Gasteiger partial charge in [0.1, 0.15) is 0 Å². The quantitative estimate of drug-likeness (QED) is 0.875. The second-order valence-corrected chi connectivity index (χ2v) is 5.84. The summed E-state index contributed by atoms with van der Waals surface area (Å²) in [6, 6.07) is 8.00. The van der Waals surface area contributed by atoms with Crippen LogP contribution in [0.25, 0.3) is 0 Å². The highest BCUT2D eigenvalue weighted by Gasteiger charge is 2.19. The number of nitrogens with two attached hydrogens (primary N) is 1. The first-order chi connectivity index (χ1) is 8.82.